The molecule has 0 atom stereocenters. The molecule has 1 aliphatic carbocycles. The number of rotatable bonds is 3. The largest absolute Gasteiger partial charge is 0.379 e. The average molecular weight is 359 g/mol. The molecule has 0 aromatic carbocycles. The van der Waals surface area contributed by atoms with Crippen LogP contribution in [0.25, 0.3) is 0 Å². The van der Waals surface area contributed by atoms with Crippen LogP contribution in [0.4, 0.5) is 10.5 Å². The number of hydrogen-bond donors (Lipinski definition) is 1. The lowest BCUT2D eigenvalue weighted by Gasteiger charge is -2.48. The fourth-order valence-corrected chi connectivity index (χ4v) is 4.06. The Morgan fingerprint density at radius 1 is 1.23 bits per heavy atom. The summed E-state index contributed by atoms with van der Waals surface area (Å²) in [6, 6.07) is -0.0246. The minimum atomic E-state index is -0.0246. The average Bonchev–Trinajstić information content (AvgIpc) is 3.49. The van der Waals surface area contributed by atoms with Crippen molar-refractivity contribution < 1.29 is 9.53 Å². The fourth-order valence-electron chi connectivity index (χ4n) is 4.06. The minimum Gasteiger partial charge on any atom is -0.379 e. The van der Waals surface area contributed by atoms with Gasteiger partial charge in [0.2, 0.25) is 0 Å². The van der Waals surface area contributed by atoms with Crippen LogP contribution in [-0.4, -0.2) is 70.7 Å². The Bertz CT molecular complexity index is 662. The van der Waals surface area contributed by atoms with Gasteiger partial charge in [-0.3, -0.25) is 4.90 Å². The molecule has 3 aliphatic rings. The third kappa shape index (κ3) is 3.69. The maximum atomic E-state index is 12.8. The topological polar surface area (TPSA) is 70.6 Å². The van der Waals surface area contributed by atoms with Gasteiger partial charge in [-0.25, -0.2) is 14.8 Å². The molecule has 2 aliphatic heterocycles. The zero-order valence-electron chi connectivity index (χ0n) is 15.8. The van der Waals surface area contributed by atoms with Crippen molar-refractivity contribution in [3.8, 4) is 0 Å². The molecule has 26 heavy (non-hydrogen) atoms. The van der Waals surface area contributed by atoms with E-state index < -0.39 is 0 Å². The van der Waals surface area contributed by atoms with Gasteiger partial charge < -0.3 is 15.0 Å². The summed E-state index contributed by atoms with van der Waals surface area (Å²) < 4.78 is 5.48. The third-order valence-electron chi connectivity index (χ3n) is 6.05. The second-order valence-corrected chi connectivity index (χ2v) is 8.00. The summed E-state index contributed by atoms with van der Waals surface area (Å²) in [4.78, 5) is 26.0. The van der Waals surface area contributed by atoms with Crippen LogP contribution in [0.5, 0.6) is 0 Å². The highest BCUT2D eigenvalue weighted by atomic mass is 16.5. The zero-order chi connectivity index (χ0) is 18.1. The summed E-state index contributed by atoms with van der Waals surface area (Å²) in [6.07, 6.45) is 6.07. The van der Waals surface area contributed by atoms with Crippen molar-refractivity contribution in [2.45, 2.75) is 51.0 Å². The number of morpholine rings is 1. The molecule has 0 unspecified atom stereocenters. The highest BCUT2D eigenvalue weighted by Crippen LogP contribution is 2.42. The molecule has 1 N–H and O–H groups in total. The van der Waals surface area contributed by atoms with Crippen LogP contribution in [0.1, 0.15) is 50.0 Å². The van der Waals surface area contributed by atoms with Crippen LogP contribution in [0.2, 0.25) is 0 Å². The molecule has 7 heteroatoms. The molecule has 3 heterocycles. The first-order valence-corrected chi connectivity index (χ1v) is 9.77. The standard InChI is InChI=1S/C19H29N5O2/c1-14-20-13-16(17(21-14)15-3-4-15)22-18(25)23-7-5-19(2,6-8-23)24-9-11-26-12-10-24/h13,15H,3-12H2,1-2H3,(H,22,25). The maximum Gasteiger partial charge on any atom is 0.321 e. The van der Waals surface area contributed by atoms with E-state index in [2.05, 4.69) is 27.1 Å². The van der Waals surface area contributed by atoms with Crippen molar-refractivity contribution in [1.29, 1.82) is 0 Å². The Hall–Kier alpha value is -1.73. The Kier molecular flexibility index (Phi) is 4.84. The van der Waals surface area contributed by atoms with Crippen LogP contribution in [-0.2, 0) is 4.74 Å². The quantitative estimate of drug-likeness (QED) is 0.897. The van der Waals surface area contributed by atoms with E-state index in [1.54, 1.807) is 6.20 Å². The van der Waals surface area contributed by atoms with Crippen molar-refractivity contribution >= 4 is 11.7 Å². The number of likely N-dealkylation sites (tertiary alicyclic amines) is 1. The molecule has 1 aromatic heterocycles. The summed E-state index contributed by atoms with van der Waals surface area (Å²) in [6.45, 7) is 9.41. The highest BCUT2D eigenvalue weighted by molar-refractivity contribution is 5.90. The van der Waals surface area contributed by atoms with E-state index in [1.165, 1.54) is 0 Å². The van der Waals surface area contributed by atoms with Gasteiger partial charge in [0.1, 0.15) is 5.82 Å². The molecule has 2 amide bonds. The maximum absolute atomic E-state index is 12.8. The van der Waals surface area contributed by atoms with Crippen molar-refractivity contribution in [3.63, 3.8) is 0 Å². The molecule has 7 nitrogen and oxygen atoms in total. The molecular formula is C19H29N5O2. The van der Waals surface area contributed by atoms with Crippen molar-refractivity contribution in [1.82, 2.24) is 19.8 Å². The molecule has 0 spiro atoms. The third-order valence-corrected chi connectivity index (χ3v) is 6.05. The molecular weight excluding hydrogens is 330 g/mol. The van der Waals surface area contributed by atoms with E-state index in [9.17, 15) is 4.79 Å². The van der Waals surface area contributed by atoms with Crippen LogP contribution in [0, 0.1) is 6.92 Å². The van der Waals surface area contributed by atoms with Crippen molar-refractivity contribution in [2.75, 3.05) is 44.7 Å². The van der Waals surface area contributed by atoms with Gasteiger partial charge in [-0.05, 0) is 39.5 Å². The van der Waals surface area contributed by atoms with E-state index in [1.807, 2.05) is 11.8 Å². The summed E-state index contributed by atoms with van der Waals surface area (Å²) in [5, 5.41) is 3.06. The number of hydrogen-bond acceptors (Lipinski definition) is 5. The number of anilines is 1. The van der Waals surface area contributed by atoms with E-state index in [-0.39, 0.29) is 11.6 Å². The molecule has 142 valence electrons. The van der Waals surface area contributed by atoms with Gasteiger partial charge in [-0.2, -0.15) is 0 Å². The summed E-state index contributed by atoms with van der Waals surface area (Å²) in [7, 11) is 0. The number of piperidine rings is 1. The number of ether oxygens (including phenoxy) is 1. The second-order valence-electron chi connectivity index (χ2n) is 8.00. The molecule has 0 bridgehead atoms. The highest BCUT2D eigenvalue weighted by Gasteiger charge is 2.37. The van der Waals surface area contributed by atoms with Gasteiger partial charge in [0.15, 0.2) is 0 Å². The lowest BCUT2D eigenvalue weighted by molar-refractivity contribution is -0.0352. The van der Waals surface area contributed by atoms with Gasteiger partial charge in [0, 0.05) is 37.6 Å². The Labute approximate surface area is 155 Å². The van der Waals surface area contributed by atoms with E-state index in [0.717, 1.165) is 82.3 Å². The normalized spacial score (nSPS) is 23.7. The van der Waals surface area contributed by atoms with Crippen LogP contribution in [0.3, 0.4) is 0 Å². The second kappa shape index (κ2) is 7.12. The monoisotopic (exact) mass is 359 g/mol. The number of aromatic nitrogens is 2. The first kappa shape index (κ1) is 17.7. The van der Waals surface area contributed by atoms with E-state index in [0.29, 0.717) is 5.92 Å². The first-order valence-electron chi connectivity index (χ1n) is 9.77. The van der Waals surface area contributed by atoms with Crippen LogP contribution >= 0.6 is 0 Å². The Morgan fingerprint density at radius 3 is 2.58 bits per heavy atom. The number of carbonyl (C=O) groups is 1. The molecule has 3 fully saturated rings. The fraction of sp³-hybridized carbons (Fsp3) is 0.737. The predicted molar refractivity (Wildman–Crippen MR) is 99.4 cm³/mol. The molecule has 0 radical (unpaired) electrons. The van der Waals surface area contributed by atoms with E-state index >= 15 is 0 Å². The lowest BCUT2D eigenvalue weighted by Crippen LogP contribution is -2.57. The molecule has 4 rings (SSSR count). The summed E-state index contributed by atoms with van der Waals surface area (Å²) >= 11 is 0. The summed E-state index contributed by atoms with van der Waals surface area (Å²) in [5.41, 5.74) is 1.96. The SMILES string of the molecule is Cc1ncc(NC(=O)N2CCC(C)(N3CCOCC3)CC2)c(C2CC2)n1. The van der Waals surface area contributed by atoms with Crippen molar-refractivity contribution in [3.05, 3.63) is 17.7 Å². The number of urea groups is 1. The predicted octanol–water partition coefficient (Wildman–Crippen LogP) is 2.38. The Morgan fingerprint density at radius 2 is 1.92 bits per heavy atom. The van der Waals surface area contributed by atoms with Gasteiger partial charge >= 0.3 is 6.03 Å². The number of carbonyl (C=O) groups excluding carboxylic acids is 1. The minimum absolute atomic E-state index is 0.0246. The first-order chi connectivity index (χ1) is 12.5. The number of nitrogens with one attached hydrogen (secondary N) is 1. The van der Waals surface area contributed by atoms with Crippen LogP contribution < -0.4 is 5.32 Å². The zero-order valence-corrected chi connectivity index (χ0v) is 15.8. The number of aryl methyl sites for hydroxylation is 1. The molecule has 1 saturated carbocycles. The van der Waals surface area contributed by atoms with Crippen molar-refractivity contribution in [2.24, 2.45) is 0 Å². The van der Waals surface area contributed by atoms with Gasteiger partial charge in [0.25, 0.3) is 0 Å². The summed E-state index contributed by atoms with van der Waals surface area (Å²) in [5.74, 6) is 1.25. The Balaban J connectivity index is 1.37. The smallest absolute Gasteiger partial charge is 0.321 e. The number of nitrogens with zero attached hydrogens (tertiary/aromatic N) is 4. The molecule has 2 saturated heterocycles. The lowest BCUT2D eigenvalue weighted by atomic mass is 9.87. The van der Waals surface area contributed by atoms with Gasteiger partial charge in [-0.1, -0.05) is 0 Å². The van der Waals surface area contributed by atoms with Gasteiger partial charge in [-0.15, -0.1) is 0 Å². The molecule has 1 aromatic rings. The van der Waals surface area contributed by atoms with Gasteiger partial charge in [0.05, 0.1) is 30.8 Å². The number of amides is 2. The van der Waals surface area contributed by atoms with E-state index in [4.69, 9.17) is 4.74 Å². The van der Waals surface area contributed by atoms with Crippen LogP contribution in [0.15, 0.2) is 6.20 Å².